The SMILES string of the molecule is O=S(=O)(c1cccc2cccnc12)N1CCC(Oc2ccc3ccccc3n2)C1. The molecule has 0 N–H and O–H groups in total. The Labute approximate surface area is 168 Å². The zero-order valence-electron chi connectivity index (χ0n) is 15.6. The number of fused-ring (bicyclic) bond motifs is 2. The summed E-state index contributed by atoms with van der Waals surface area (Å²) in [5, 5.41) is 1.85. The fourth-order valence-corrected chi connectivity index (χ4v) is 5.37. The van der Waals surface area contributed by atoms with Crippen LogP contribution in [0.3, 0.4) is 0 Å². The molecule has 1 atom stereocenters. The van der Waals surface area contributed by atoms with Crippen molar-refractivity contribution in [2.24, 2.45) is 0 Å². The Morgan fingerprint density at radius 1 is 0.931 bits per heavy atom. The van der Waals surface area contributed by atoms with Gasteiger partial charge in [0.05, 0.1) is 17.6 Å². The number of hydrogen-bond acceptors (Lipinski definition) is 5. The highest BCUT2D eigenvalue weighted by molar-refractivity contribution is 7.89. The number of rotatable bonds is 4. The van der Waals surface area contributed by atoms with Crippen LogP contribution in [0.15, 0.2) is 77.8 Å². The van der Waals surface area contributed by atoms with Gasteiger partial charge in [-0.15, -0.1) is 0 Å². The van der Waals surface area contributed by atoms with Crippen LogP contribution in [0, 0.1) is 0 Å². The molecule has 1 fully saturated rings. The molecule has 4 aromatic rings. The van der Waals surface area contributed by atoms with Crippen LogP contribution in [-0.2, 0) is 10.0 Å². The topological polar surface area (TPSA) is 72.4 Å². The second kappa shape index (κ2) is 7.09. The van der Waals surface area contributed by atoms with Gasteiger partial charge in [-0.3, -0.25) is 4.98 Å². The lowest BCUT2D eigenvalue weighted by Crippen LogP contribution is -2.31. The Morgan fingerprint density at radius 2 is 1.76 bits per heavy atom. The molecule has 7 heteroatoms. The molecule has 146 valence electrons. The van der Waals surface area contributed by atoms with E-state index in [0.29, 0.717) is 30.9 Å². The van der Waals surface area contributed by atoms with E-state index in [1.807, 2.05) is 48.5 Å². The number of pyridine rings is 2. The van der Waals surface area contributed by atoms with Gasteiger partial charge in [-0.05, 0) is 30.7 Å². The molecule has 0 amide bonds. The van der Waals surface area contributed by atoms with E-state index in [1.54, 1.807) is 24.4 Å². The number of hydrogen-bond donors (Lipinski definition) is 0. The third-order valence-corrected chi connectivity index (χ3v) is 7.08. The second-order valence-electron chi connectivity index (χ2n) is 7.07. The average molecular weight is 405 g/mol. The molecule has 2 aromatic carbocycles. The molecule has 0 spiro atoms. The molecule has 0 saturated carbocycles. The maximum Gasteiger partial charge on any atom is 0.245 e. The summed E-state index contributed by atoms with van der Waals surface area (Å²) >= 11 is 0. The first-order valence-corrected chi connectivity index (χ1v) is 10.9. The van der Waals surface area contributed by atoms with Crippen LogP contribution in [0.4, 0.5) is 0 Å². The molecule has 29 heavy (non-hydrogen) atoms. The number of aromatic nitrogens is 2. The summed E-state index contributed by atoms with van der Waals surface area (Å²) < 4.78 is 33.9. The highest BCUT2D eigenvalue weighted by Gasteiger charge is 2.35. The third-order valence-electron chi connectivity index (χ3n) is 5.18. The quantitative estimate of drug-likeness (QED) is 0.518. The summed E-state index contributed by atoms with van der Waals surface area (Å²) in [7, 11) is -3.65. The lowest BCUT2D eigenvalue weighted by molar-refractivity contribution is 0.207. The minimum absolute atomic E-state index is 0.235. The first kappa shape index (κ1) is 18.0. The van der Waals surface area contributed by atoms with Gasteiger partial charge in [0.15, 0.2) is 0 Å². The van der Waals surface area contributed by atoms with E-state index in [1.165, 1.54) is 4.31 Å². The van der Waals surface area contributed by atoms with Crippen molar-refractivity contribution in [3.8, 4) is 5.88 Å². The van der Waals surface area contributed by atoms with E-state index in [4.69, 9.17) is 4.74 Å². The zero-order chi connectivity index (χ0) is 19.8. The van der Waals surface area contributed by atoms with Crippen molar-refractivity contribution in [2.45, 2.75) is 17.4 Å². The van der Waals surface area contributed by atoms with Crippen LogP contribution in [0.2, 0.25) is 0 Å². The highest BCUT2D eigenvalue weighted by Crippen LogP contribution is 2.28. The van der Waals surface area contributed by atoms with Crippen molar-refractivity contribution in [1.29, 1.82) is 0 Å². The number of sulfonamides is 1. The fourth-order valence-electron chi connectivity index (χ4n) is 3.72. The molecule has 3 heterocycles. The Balaban J connectivity index is 1.38. The molecule has 1 aliphatic heterocycles. The number of benzene rings is 2. The van der Waals surface area contributed by atoms with Crippen molar-refractivity contribution in [3.63, 3.8) is 0 Å². The first-order valence-electron chi connectivity index (χ1n) is 9.48. The number of para-hydroxylation sites is 2. The largest absolute Gasteiger partial charge is 0.473 e. The van der Waals surface area contributed by atoms with Gasteiger partial charge >= 0.3 is 0 Å². The van der Waals surface area contributed by atoms with E-state index in [9.17, 15) is 8.42 Å². The van der Waals surface area contributed by atoms with Crippen LogP contribution in [-0.4, -0.2) is 41.9 Å². The lowest BCUT2D eigenvalue weighted by Gasteiger charge is -2.18. The zero-order valence-corrected chi connectivity index (χ0v) is 16.4. The molecule has 5 rings (SSSR count). The minimum Gasteiger partial charge on any atom is -0.473 e. The Hall–Kier alpha value is -3.03. The molecule has 0 bridgehead atoms. The van der Waals surface area contributed by atoms with Crippen LogP contribution < -0.4 is 4.74 Å². The van der Waals surface area contributed by atoms with E-state index < -0.39 is 10.0 Å². The maximum absolute atomic E-state index is 13.2. The normalized spacial score (nSPS) is 17.7. The highest BCUT2D eigenvalue weighted by atomic mass is 32.2. The Kier molecular flexibility index (Phi) is 4.41. The van der Waals surface area contributed by atoms with Crippen molar-refractivity contribution in [2.75, 3.05) is 13.1 Å². The summed E-state index contributed by atoms with van der Waals surface area (Å²) in [5.74, 6) is 0.514. The smallest absolute Gasteiger partial charge is 0.245 e. The monoisotopic (exact) mass is 405 g/mol. The standard InChI is InChI=1S/C22H19N3O3S/c26-29(27,20-9-3-6-17-7-4-13-23-22(17)20)25-14-12-18(15-25)28-21-11-10-16-5-1-2-8-19(16)24-21/h1-11,13,18H,12,14-15H2. The van der Waals surface area contributed by atoms with Crippen molar-refractivity contribution < 1.29 is 13.2 Å². The second-order valence-corrected chi connectivity index (χ2v) is 8.97. The van der Waals surface area contributed by atoms with Crippen LogP contribution in [0.25, 0.3) is 21.8 Å². The summed E-state index contributed by atoms with van der Waals surface area (Å²) in [6.07, 6.45) is 2.00. The van der Waals surface area contributed by atoms with E-state index >= 15 is 0 Å². The van der Waals surface area contributed by atoms with Crippen LogP contribution in [0.1, 0.15) is 6.42 Å². The van der Waals surface area contributed by atoms with Crippen molar-refractivity contribution in [1.82, 2.24) is 14.3 Å². The predicted octanol–water partition coefficient (Wildman–Crippen LogP) is 3.63. The molecule has 1 saturated heterocycles. The maximum atomic E-state index is 13.2. The molecule has 6 nitrogen and oxygen atoms in total. The van der Waals surface area contributed by atoms with E-state index in [-0.39, 0.29) is 11.0 Å². The summed E-state index contributed by atoms with van der Waals surface area (Å²) in [4.78, 5) is 9.05. The summed E-state index contributed by atoms with van der Waals surface area (Å²) in [5.41, 5.74) is 1.35. The Bertz CT molecular complexity index is 1300. The number of nitrogens with zero attached hydrogens (tertiary/aromatic N) is 3. The molecule has 2 aromatic heterocycles. The first-order chi connectivity index (χ1) is 14.1. The molecule has 1 unspecified atom stereocenters. The molecule has 1 aliphatic rings. The fraction of sp³-hybridized carbons (Fsp3) is 0.182. The average Bonchev–Trinajstić information content (AvgIpc) is 3.22. The van der Waals surface area contributed by atoms with Gasteiger partial charge in [-0.2, -0.15) is 4.31 Å². The van der Waals surface area contributed by atoms with E-state index in [0.717, 1.165) is 16.3 Å². The molecular weight excluding hydrogens is 386 g/mol. The van der Waals surface area contributed by atoms with Gasteiger partial charge in [0, 0.05) is 29.6 Å². The van der Waals surface area contributed by atoms with Gasteiger partial charge in [-0.25, -0.2) is 13.4 Å². The van der Waals surface area contributed by atoms with Crippen molar-refractivity contribution >= 4 is 31.8 Å². The van der Waals surface area contributed by atoms with Crippen LogP contribution >= 0.6 is 0 Å². The third kappa shape index (κ3) is 3.32. The van der Waals surface area contributed by atoms with Gasteiger partial charge < -0.3 is 4.74 Å². The number of ether oxygens (including phenoxy) is 1. The molecular formula is C22H19N3O3S. The summed E-state index contributed by atoms with van der Waals surface area (Å²) in [6.45, 7) is 0.698. The van der Waals surface area contributed by atoms with Crippen LogP contribution in [0.5, 0.6) is 5.88 Å². The minimum atomic E-state index is -3.65. The van der Waals surface area contributed by atoms with Crippen molar-refractivity contribution in [3.05, 3.63) is 72.9 Å². The Morgan fingerprint density at radius 3 is 2.69 bits per heavy atom. The van der Waals surface area contributed by atoms with Gasteiger partial charge in [0.1, 0.15) is 11.0 Å². The van der Waals surface area contributed by atoms with E-state index in [2.05, 4.69) is 9.97 Å². The summed E-state index contributed by atoms with van der Waals surface area (Å²) in [6, 6.07) is 20.5. The predicted molar refractivity (Wildman–Crippen MR) is 111 cm³/mol. The van der Waals surface area contributed by atoms with Gasteiger partial charge in [-0.1, -0.05) is 36.4 Å². The molecule has 0 radical (unpaired) electrons. The van der Waals surface area contributed by atoms with Gasteiger partial charge in [0.2, 0.25) is 15.9 Å². The molecule has 0 aliphatic carbocycles. The lowest BCUT2D eigenvalue weighted by atomic mass is 10.2. The van der Waals surface area contributed by atoms with Gasteiger partial charge in [0.25, 0.3) is 0 Å².